The van der Waals surface area contributed by atoms with Gasteiger partial charge in [-0.1, -0.05) is 164 Å². The van der Waals surface area contributed by atoms with Crippen LogP contribution in [0, 0.1) is 78.1 Å². The second-order valence-electron chi connectivity index (χ2n) is 36.1. The van der Waals surface area contributed by atoms with Gasteiger partial charge in [-0.2, -0.15) is 15.0 Å². The molecule has 0 radical (unpaired) electrons. The third kappa shape index (κ3) is 22.0. The standard InChI is InChI=1S/C24H25N5O2S.C23H23N5O2S.C22H23N5O2S.C18H23N3.C17H21N3/c1-15-7-11-18(12-8-15)32(30,31)29-14-20(19-5-3-4-6-22(19)29)21-13-23(28-24(25)27-21)26-16(2)17-9-10-17;1-15-6-10-17(11-7-15)31(29,30)28-14-19(18-4-2-3-5-21(18)28)20-12-22(27-23(24)26-20)25-13-16-8-9-16;1-14(2)24-21-12-19(25-22(23)26-21)18-13-27(20-7-5-4-6-17(18)20)30(28,29)16-10-8-15(3)9-11-16;1-11-5-4-6-16(13(11)3)17-10-15(20-18(19)21-17)9-12(2)14-7-8-14;1-11-4-3-5-15(12(11)2)16-10-14(19-17(18)20-16)9-8-13-6-7-13/h3-8,11-14,16-17H,9-10H2,1-2H3,(H3,25,26,27,28);2-7,10-12,14,16H,8-9,13H2,1H3,(H3,24,25,26,27);4-14H,1-3H3,(H3,23,24,25,26);4-6,10,12,14H,7-9H2,1-3H3,(H2,19,20,21);3-5,10,13H,6-9H2,1-2H3,(H2,18,19,20)/t16-;;;12-;/m0..0./s1. The van der Waals surface area contributed by atoms with E-state index in [4.69, 9.17) is 28.7 Å². The number of fused-ring (bicyclic) bond motifs is 3. The molecule has 4 aliphatic carbocycles. The van der Waals surface area contributed by atoms with Crippen LogP contribution in [0.4, 0.5) is 47.2 Å². The number of para-hydroxylation sites is 3. The minimum absolute atomic E-state index is 0.119. The number of nitrogen functional groups attached to an aromatic ring is 5. The Kier molecular flexibility index (Phi) is 27.5. The lowest BCUT2D eigenvalue weighted by atomic mass is 9.97. The van der Waals surface area contributed by atoms with Gasteiger partial charge in [0.05, 0.1) is 59.7 Å². The average molecular weight is 1850 g/mol. The van der Waals surface area contributed by atoms with Crippen LogP contribution in [-0.4, -0.2) is 106 Å². The first-order valence-electron chi connectivity index (χ1n) is 45.6. The van der Waals surface area contributed by atoms with Crippen LogP contribution in [0.25, 0.3) is 89.0 Å². The molecule has 8 heterocycles. The smallest absolute Gasteiger partial charge is 0.268 e. The van der Waals surface area contributed by atoms with Gasteiger partial charge in [-0.05, 0) is 246 Å². The van der Waals surface area contributed by atoms with E-state index >= 15 is 0 Å². The monoisotopic (exact) mass is 1850 g/mol. The van der Waals surface area contributed by atoms with Gasteiger partial charge >= 0.3 is 0 Å². The molecule has 20 rings (SSSR count). The van der Waals surface area contributed by atoms with Gasteiger partial charge in [0.15, 0.2) is 0 Å². The zero-order chi connectivity index (χ0) is 94.6. The summed E-state index contributed by atoms with van der Waals surface area (Å²) in [4.78, 5) is 44.4. The number of aryl methyl sites for hydroxylation is 6. The summed E-state index contributed by atoms with van der Waals surface area (Å²) < 4.78 is 84.4. The van der Waals surface area contributed by atoms with E-state index in [9.17, 15) is 25.3 Å². The molecule has 134 heavy (non-hydrogen) atoms. The maximum absolute atomic E-state index is 13.5. The molecular weight excluding hydrogens is 1740 g/mol. The van der Waals surface area contributed by atoms with Crippen molar-refractivity contribution in [2.24, 2.45) is 29.6 Å². The number of hydrogen-bond donors (Lipinski definition) is 8. The average Bonchev–Trinajstić information content (AvgIpc) is 1.60. The van der Waals surface area contributed by atoms with Crippen LogP contribution in [0.1, 0.15) is 136 Å². The number of nitrogens with zero attached hydrogens (tertiary/aromatic N) is 13. The summed E-state index contributed by atoms with van der Waals surface area (Å²) in [6.45, 7) is 23.6. The zero-order valence-electron chi connectivity index (χ0n) is 77.3. The molecule has 0 bridgehead atoms. The Morgan fingerprint density at radius 2 is 0.694 bits per heavy atom. The van der Waals surface area contributed by atoms with Gasteiger partial charge in [0.1, 0.15) is 17.5 Å². The Balaban J connectivity index is 0.000000123. The van der Waals surface area contributed by atoms with Crippen molar-refractivity contribution >= 4 is 110 Å². The number of rotatable bonds is 25. The number of benzene rings is 8. The largest absolute Gasteiger partial charge is 0.370 e. The van der Waals surface area contributed by atoms with Gasteiger partial charge in [-0.15, -0.1) is 0 Å². The van der Waals surface area contributed by atoms with E-state index in [1.54, 1.807) is 116 Å². The third-order valence-electron chi connectivity index (χ3n) is 25.1. The lowest BCUT2D eigenvalue weighted by Gasteiger charge is -2.14. The highest BCUT2D eigenvalue weighted by Crippen LogP contribution is 2.42. The highest BCUT2D eigenvalue weighted by atomic mass is 32.2. The third-order valence-corrected chi connectivity index (χ3v) is 30.1. The summed E-state index contributed by atoms with van der Waals surface area (Å²) in [7, 11) is -11.3. The molecule has 8 aromatic heterocycles. The fourth-order valence-corrected chi connectivity index (χ4v) is 20.6. The first-order valence-corrected chi connectivity index (χ1v) is 49.9. The molecule has 0 spiro atoms. The summed E-state index contributed by atoms with van der Waals surface area (Å²) in [5.74, 6) is 6.86. The van der Waals surface area contributed by atoms with Crippen molar-refractivity contribution in [2.45, 2.75) is 174 Å². The van der Waals surface area contributed by atoms with E-state index in [0.717, 1.165) is 98.0 Å². The van der Waals surface area contributed by atoms with Crippen molar-refractivity contribution in [1.29, 1.82) is 0 Å². The van der Waals surface area contributed by atoms with E-state index in [1.165, 1.54) is 92.0 Å². The van der Waals surface area contributed by atoms with Crippen molar-refractivity contribution in [3.8, 4) is 56.3 Å². The molecule has 4 saturated carbocycles. The quantitative estimate of drug-likeness (QED) is 0.0263. The van der Waals surface area contributed by atoms with Gasteiger partial charge in [-0.25, -0.2) is 72.1 Å². The summed E-state index contributed by atoms with van der Waals surface area (Å²) in [6.07, 6.45) is 18.4. The molecule has 27 nitrogen and oxygen atoms in total. The van der Waals surface area contributed by atoms with Crippen molar-refractivity contribution in [1.82, 2.24) is 61.8 Å². The van der Waals surface area contributed by atoms with Crippen LogP contribution in [0.2, 0.25) is 0 Å². The molecule has 4 fully saturated rings. The van der Waals surface area contributed by atoms with Crippen LogP contribution in [0.15, 0.2) is 246 Å². The Labute approximate surface area is 783 Å². The molecular formula is C104H115N21O6S3. The van der Waals surface area contributed by atoms with Crippen molar-refractivity contribution in [3.05, 3.63) is 281 Å². The maximum atomic E-state index is 13.5. The second-order valence-corrected chi connectivity index (χ2v) is 41.6. The first-order chi connectivity index (χ1) is 64.2. The molecule has 8 aromatic carbocycles. The molecule has 30 heteroatoms. The lowest BCUT2D eigenvalue weighted by molar-refractivity contribution is 0.501. The molecule has 0 aliphatic heterocycles. The molecule has 0 saturated heterocycles. The summed E-state index contributed by atoms with van der Waals surface area (Å²) in [6, 6.07) is 65.3. The SMILES string of the molecule is Cc1ccc(S(=O)(=O)n2cc(-c3cc(NC(C)C)nc(N)n3)c3ccccc32)cc1.Cc1ccc(S(=O)(=O)n2cc(-c3cc(NCC4CC4)nc(N)n3)c3ccccc32)cc1.Cc1ccc(S(=O)(=O)n2cc(-c3cc(N[C@@H](C)C4CC4)nc(N)n3)c3ccccc32)cc1.Cc1cccc(-c2cc(CCC3CC3)nc(N)n2)c1C.Cc1cccc(-c2cc(C[C@H](C)C3CC3)nc(N)n2)c1C. The van der Waals surface area contributed by atoms with E-state index < -0.39 is 30.1 Å². The van der Waals surface area contributed by atoms with Gasteiger partial charge in [-0.3, -0.25) is 0 Å². The van der Waals surface area contributed by atoms with E-state index in [2.05, 4.69) is 156 Å². The van der Waals surface area contributed by atoms with E-state index in [-0.39, 0.29) is 38.6 Å². The Hall–Kier alpha value is -14.0. The number of aromatic nitrogens is 13. The topological polar surface area (TPSA) is 412 Å². The van der Waals surface area contributed by atoms with Crippen LogP contribution in [0.3, 0.4) is 0 Å². The van der Waals surface area contributed by atoms with Crippen LogP contribution < -0.4 is 44.6 Å². The highest BCUT2D eigenvalue weighted by Gasteiger charge is 2.32. The minimum Gasteiger partial charge on any atom is -0.370 e. The van der Waals surface area contributed by atoms with Crippen molar-refractivity contribution in [2.75, 3.05) is 51.2 Å². The van der Waals surface area contributed by atoms with E-state index in [0.29, 0.717) is 103 Å². The predicted octanol–water partition coefficient (Wildman–Crippen LogP) is 20.1. The van der Waals surface area contributed by atoms with Gasteiger partial charge in [0, 0.05) is 111 Å². The van der Waals surface area contributed by atoms with Crippen LogP contribution >= 0.6 is 0 Å². The summed E-state index contributed by atoms with van der Waals surface area (Å²) >= 11 is 0. The predicted molar refractivity (Wildman–Crippen MR) is 539 cm³/mol. The minimum atomic E-state index is -3.79. The molecule has 13 N–H and O–H groups in total. The van der Waals surface area contributed by atoms with E-state index in [1.807, 2.05) is 101 Å². The summed E-state index contributed by atoms with van der Waals surface area (Å²) in [5, 5.41) is 12.3. The molecule has 0 unspecified atom stereocenters. The van der Waals surface area contributed by atoms with Gasteiger partial charge < -0.3 is 44.6 Å². The second kappa shape index (κ2) is 39.4. The van der Waals surface area contributed by atoms with Crippen LogP contribution in [-0.2, 0) is 42.9 Å². The molecule has 4 aliphatic rings. The molecule has 0 amide bonds. The Morgan fingerprint density at radius 3 is 1.07 bits per heavy atom. The number of nitrogens with two attached hydrogens (primary N) is 5. The fourth-order valence-electron chi connectivity index (χ4n) is 16.5. The van der Waals surface area contributed by atoms with Gasteiger partial charge in [0.2, 0.25) is 29.7 Å². The Morgan fingerprint density at radius 1 is 0.351 bits per heavy atom. The molecule has 16 aromatic rings. The number of hydrogen-bond acceptors (Lipinski definition) is 24. The highest BCUT2D eigenvalue weighted by molar-refractivity contribution is 7.90. The number of anilines is 8. The molecule has 690 valence electrons. The number of nitrogens with one attached hydrogen (secondary N) is 3. The van der Waals surface area contributed by atoms with Gasteiger partial charge in [0.25, 0.3) is 30.1 Å². The molecule has 2 atom stereocenters. The lowest BCUT2D eigenvalue weighted by Crippen LogP contribution is -2.18. The van der Waals surface area contributed by atoms with Crippen LogP contribution in [0.5, 0.6) is 0 Å². The maximum Gasteiger partial charge on any atom is 0.268 e. The van der Waals surface area contributed by atoms with Crippen molar-refractivity contribution in [3.63, 3.8) is 0 Å². The normalized spacial score (nSPS) is 14.2. The zero-order valence-corrected chi connectivity index (χ0v) is 79.8. The van der Waals surface area contributed by atoms with Crippen molar-refractivity contribution < 1.29 is 25.3 Å². The summed E-state index contributed by atoms with van der Waals surface area (Å²) in [5.41, 5.74) is 49.7. The Bertz CT molecular complexity index is 7380. The fraction of sp³-hybridized carbons (Fsp3) is 0.288. The first kappa shape index (κ1) is 93.3.